The maximum atomic E-state index is 9.54. The third kappa shape index (κ3) is 6.75. The summed E-state index contributed by atoms with van der Waals surface area (Å²) in [4.78, 5) is 0. The second kappa shape index (κ2) is 7.58. The first-order valence-electron chi connectivity index (χ1n) is 7.55. The number of hydrogen-bond acceptors (Lipinski definition) is 2. The van der Waals surface area contributed by atoms with Gasteiger partial charge in [-0.1, -0.05) is 42.0 Å². The molecule has 114 valence electrons. The Labute approximate surface area is 130 Å². The van der Waals surface area contributed by atoms with Gasteiger partial charge in [0.05, 0.1) is 6.07 Å². The van der Waals surface area contributed by atoms with Gasteiger partial charge in [-0.3, -0.25) is 0 Å². The topological polar surface area (TPSA) is 33.0 Å². The van der Waals surface area contributed by atoms with E-state index in [0.717, 1.165) is 18.9 Å². The molecule has 2 nitrogen and oxygen atoms in total. The Balaban J connectivity index is 2.67. The standard InChI is InChI=1S/C18H27NOSi/c1-16(2)12-14-21(4,5)20-18(3,15-19)13-11-17-9-7-6-8-10-17/h6-10,12H,11,13-14H2,1-5H3. The molecule has 1 atom stereocenters. The number of allylic oxidation sites excluding steroid dienone is 2. The highest BCUT2D eigenvalue weighted by molar-refractivity contribution is 6.71. The molecule has 0 aliphatic rings. The van der Waals surface area contributed by atoms with Gasteiger partial charge in [0.2, 0.25) is 0 Å². The van der Waals surface area contributed by atoms with Crippen LogP contribution < -0.4 is 0 Å². The minimum atomic E-state index is -1.86. The van der Waals surface area contributed by atoms with Crippen LogP contribution in [0.1, 0.15) is 32.8 Å². The minimum Gasteiger partial charge on any atom is -0.399 e. The van der Waals surface area contributed by atoms with Gasteiger partial charge in [-0.05, 0) is 58.3 Å². The number of rotatable bonds is 7. The Morgan fingerprint density at radius 2 is 1.90 bits per heavy atom. The molecule has 3 heteroatoms. The van der Waals surface area contributed by atoms with Gasteiger partial charge < -0.3 is 4.43 Å². The molecule has 0 aromatic heterocycles. The lowest BCUT2D eigenvalue weighted by molar-refractivity contribution is 0.129. The van der Waals surface area contributed by atoms with Crippen LogP contribution in [-0.4, -0.2) is 13.9 Å². The Bertz CT molecular complexity index is 512. The first kappa shape index (κ1) is 17.7. The van der Waals surface area contributed by atoms with Crippen molar-refractivity contribution in [2.75, 3.05) is 0 Å². The fraction of sp³-hybridized carbons (Fsp3) is 0.500. The van der Waals surface area contributed by atoms with Gasteiger partial charge in [-0.2, -0.15) is 5.26 Å². The predicted octanol–water partition coefficient (Wildman–Crippen LogP) is 5.09. The molecule has 0 amide bonds. The van der Waals surface area contributed by atoms with Gasteiger partial charge in [-0.25, -0.2) is 0 Å². The molecule has 0 saturated heterocycles. The maximum absolute atomic E-state index is 9.54. The summed E-state index contributed by atoms with van der Waals surface area (Å²) in [6, 6.07) is 13.6. The number of nitriles is 1. The summed E-state index contributed by atoms with van der Waals surface area (Å²) in [7, 11) is -1.86. The fourth-order valence-electron chi connectivity index (χ4n) is 2.26. The molecule has 21 heavy (non-hydrogen) atoms. The molecule has 0 aliphatic heterocycles. The average molecular weight is 302 g/mol. The predicted molar refractivity (Wildman–Crippen MR) is 91.6 cm³/mol. The second-order valence-electron chi connectivity index (χ2n) is 6.68. The molecule has 1 aromatic carbocycles. The van der Waals surface area contributed by atoms with E-state index in [9.17, 15) is 5.26 Å². The fourth-order valence-corrected chi connectivity index (χ4v) is 4.61. The van der Waals surface area contributed by atoms with Crippen molar-refractivity contribution in [1.29, 1.82) is 5.26 Å². The van der Waals surface area contributed by atoms with E-state index < -0.39 is 13.9 Å². The zero-order valence-corrected chi connectivity index (χ0v) is 14.9. The van der Waals surface area contributed by atoms with E-state index in [0.29, 0.717) is 0 Å². The van der Waals surface area contributed by atoms with Crippen LogP contribution in [0.4, 0.5) is 0 Å². The van der Waals surface area contributed by atoms with E-state index in [1.165, 1.54) is 11.1 Å². The number of hydrogen-bond donors (Lipinski definition) is 0. The molecular formula is C18H27NOSi. The molecule has 0 fully saturated rings. The summed E-state index contributed by atoms with van der Waals surface area (Å²) < 4.78 is 6.28. The summed E-state index contributed by atoms with van der Waals surface area (Å²) in [5.74, 6) is 0. The van der Waals surface area contributed by atoms with Crippen molar-refractivity contribution in [1.82, 2.24) is 0 Å². The second-order valence-corrected chi connectivity index (χ2v) is 10.8. The van der Waals surface area contributed by atoms with Crippen LogP contribution in [0.5, 0.6) is 0 Å². The van der Waals surface area contributed by atoms with Crippen molar-refractivity contribution < 1.29 is 4.43 Å². The van der Waals surface area contributed by atoms with Crippen LogP contribution in [0.15, 0.2) is 42.0 Å². The average Bonchev–Trinajstić information content (AvgIpc) is 2.44. The lowest BCUT2D eigenvalue weighted by atomic mass is 9.98. The number of nitrogens with zero attached hydrogens (tertiary/aromatic N) is 1. The normalized spacial score (nSPS) is 14.1. The number of benzene rings is 1. The van der Waals surface area contributed by atoms with Crippen LogP contribution in [0, 0.1) is 11.3 Å². The lowest BCUT2D eigenvalue weighted by Crippen LogP contribution is -2.41. The summed E-state index contributed by atoms with van der Waals surface area (Å²) >= 11 is 0. The molecule has 1 unspecified atom stereocenters. The largest absolute Gasteiger partial charge is 0.399 e. The van der Waals surface area contributed by atoms with Crippen molar-refractivity contribution in [3.05, 3.63) is 47.5 Å². The van der Waals surface area contributed by atoms with Gasteiger partial charge in [0.25, 0.3) is 0 Å². The quantitative estimate of drug-likeness (QED) is 0.519. The minimum absolute atomic E-state index is 0.693. The Morgan fingerprint density at radius 3 is 2.43 bits per heavy atom. The van der Waals surface area contributed by atoms with Crippen molar-refractivity contribution >= 4 is 8.32 Å². The van der Waals surface area contributed by atoms with Crippen LogP contribution >= 0.6 is 0 Å². The molecule has 0 spiro atoms. The Kier molecular flexibility index (Phi) is 6.38. The van der Waals surface area contributed by atoms with E-state index in [1.807, 2.05) is 25.1 Å². The molecule has 0 bridgehead atoms. The van der Waals surface area contributed by atoms with Gasteiger partial charge in [0, 0.05) is 0 Å². The molecule has 1 aromatic rings. The number of aryl methyl sites for hydroxylation is 1. The van der Waals surface area contributed by atoms with Crippen molar-refractivity contribution in [3.63, 3.8) is 0 Å². The van der Waals surface area contributed by atoms with E-state index in [1.54, 1.807) is 0 Å². The molecule has 0 aliphatic carbocycles. The lowest BCUT2D eigenvalue weighted by Gasteiger charge is -2.32. The SMILES string of the molecule is CC(C)=CC[Si](C)(C)OC(C)(C#N)CCc1ccccc1. The first-order chi connectivity index (χ1) is 9.76. The van der Waals surface area contributed by atoms with Gasteiger partial charge >= 0.3 is 0 Å². The molecular weight excluding hydrogens is 274 g/mol. The van der Waals surface area contributed by atoms with E-state index in [2.05, 4.69) is 51.2 Å². The molecule has 1 rings (SSSR count). The van der Waals surface area contributed by atoms with Gasteiger partial charge in [0.15, 0.2) is 8.32 Å². The molecule has 0 saturated carbocycles. The smallest absolute Gasteiger partial charge is 0.192 e. The molecule has 0 N–H and O–H groups in total. The van der Waals surface area contributed by atoms with E-state index in [4.69, 9.17) is 4.43 Å². The molecule has 0 radical (unpaired) electrons. The zero-order chi connectivity index (χ0) is 15.9. The Hall–Kier alpha value is -1.37. The summed E-state index contributed by atoms with van der Waals surface area (Å²) in [5.41, 5.74) is 1.87. The highest BCUT2D eigenvalue weighted by Gasteiger charge is 2.33. The Morgan fingerprint density at radius 1 is 1.29 bits per heavy atom. The third-order valence-electron chi connectivity index (χ3n) is 3.47. The van der Waals surface area contributed by atoms with Crippen molar-refractivity contribution in [2.45, 2.75) is 58.4 Å². The van der Waals surface area contributed by atoms with Crippen LogP contribution in [0.25, 0.3) is 0 Å². The van der Waals surface area contributed by atoms with Crippen molar-refractivity contribution in [2.24, 2.45) is 0 Å². The van der Waals surface area contributed by atoms with Gasteiger partial charge in [-0.15, -0.1) is 0 Å². The van der Waals surface area contributed by atoms with Crippen LogP contribution in [0.2, 0.25) is 19.1 Å². The van der Waals surface area contributed by atoms with E-state index >= 15 is 0 Å². The maximum Gasteiger partial charge on any atom is 0.192 e. The van der Waals surface area contributed by atoms with Crippen LogP contribution in [0.3, 0.4) is 0 Å². The summed E-state index contributed by atoms with van der Waals surface area (Å²) in [6.07, 6.45) is 3.83. The first-order valence-corrected chi connectivity index (χ1v) is 10.7. The highest BCUT2D eigenvalue weighted by Crippen LogP contribution is 2.26. The third-order valence-corrected chi connectivity index (χ3v) is 5.66. The van der Waals surface area contributed by atoms with Crippen LogP contribution in [-0.2, 0) is 10.8 Å². The highest BCUT2D eigenvalue weighted by atomic mass is 28.4. The molecule has 0 heterocycles. The van der Waals surface area contributed by atoms with Gasteiger partial charge in [0.1, 0.15) is 5.60 Å². The van der Waals surface area contributed by atoms with E-state index in [-0.39, 0.29) is 0 Å². The zero-order valence-electron chi connectivity index (χ0n) is 13.9. The summed E-state index contributed by atoms with van der Waals surface area (Å²) in [5, 5.41) is 9.54. The van der Waals surface area contributed by atoms with Crippen molar-refractivity contribution in [3.8, 4) is 6.07 Å². The monoisotopic (exact) mass is 301 g/mol. The summed E-state index contributed by atoms with van der Waals surface area (Å²) in [6.45, 7) is 10.5.